The second-order valence-electron chi connectivity index (χ2n) is 4.56. The second-order valence-corrected chi connectivity index (χ2v) is 4.56. The van der Waals surface area contributed by atoms with Gasteiger partial charge < -0.3 is 10.0 Å². The zero-order valence-electron chi connectivity index (χ0n) is 10.8. The highest BCUT2D eigenvalue weighted by Gasteiger charge is 2.25. The highest BCUT2D eigenvalue weighted by atomic mass is 16.3. The summed E-state index contributed by atoms with van der Waals surface area (Å²) in [4.78, 5) is 14.1. The first-order valence-corrected chi connectivity index (χ1v) is 6.33. The molecule has 1 amide bonds. The minimum Gasteiger partial charge on any atom is -0.394 e. The lowest BCUT2D eigenvalue weighted by molar-refractivity contribution is 0.0700. The van der Waals surface area contributed by atoms with Crippen molar-refractivity contribution in [2.75, 3.05) is 13.2 Å². The molecule has 1 N–H and O–H groups in total. The van der Waals surface area contributed by atoms with E-state index in [9.17, 15) is 9.90 Å². The van der Waals surface area contributed by atoms with E-state index in [4.69, 9.17) is 0 Å². The summed E-state index contributed by atoms with van der Waals surface area (Å²) in [5.41, 5.74) is 1.41. The Bertz CT molecular complexity index is 636. The molecule has 3 rings (SSSR count). The summed E-state index contributed by atoms with van der Waals surface area (Å²) in [6.07, 6.45) is 6.90. The molecule has 1 unspecified atom stereocenters. The Kier molecular flexibility index (Phi) is 3.30. The molecule has 0 bridgehead atoms. The van der Waals surface area contributed by atoms with Crippen LogP contribution in [-0.4, -0.2) is 49.9 Å². The van der Waals surface area contributed by atoms with Crippen LogP contribution in [-0.2, 0) is 0 Å². The van der Waals surface area contributed by atoms with Gasteiger partial charge in [-0.1, -0.05) is 18.2 Å². The largest absolute Gasteiger partial charge is 0.394 e. The van der Waals surface area contributed by atoms with Crippen molar-refractivity contribution < 1.29 is 9.90 Å². The minimum atomic E-state index is -0.235. The van der Waals surface area contributed by atoms with Gasteiger partial charge >= 0.3 is 0 Å². The van der Waals surface area contributed by atoms with Crippen molar-refractivity contribution >= 4 is 5.91 Å². The number of rotatable bonds is 3. The molecule has 102 valence electrons. The van der Waals surface area contributed by atoms with Crippen molar-refractivity contribution in [3.05, 3.63) is 54.6 Å². The number of hydrogen-bond acceptors (Lipinski definition) is 4. The maximum atomic E-state index is 12.5. The normalized spacial score (nSPS) is 17.6. The van der Waals surface area contributed by atoms with Crippen molar-refractivity contribution in [3.63, 3.8) is 0 Å². The standard InChI is InChI=1S/C14H14N4O2/c19-8-13-5-2-6-18(13)14(20)11-3-1-4-12(7-11)17-9-15-16-10-17/h1-5,7,9-10,13,19H,6,8H2. The van der Waals surface area contributed by atoms with Gasteiger partial charge in [-0.25, -0.2) is 0 Å². The Morgan fingerprint density at radius 1 is 1.35 bits per heavy atom. The van der Waals surface area contributed by atoms with E-state index in [0.717, 1.165) is 5.69 Å². The zero-order valence-corrected chi connectivity index (χ0v) is 10.8. The first-order valence-electron chi connectivity index (χ1n) is 6.33. The Labute approximate surface area is 116 Å². The van der Waals surface area contributed by atoms with Crippen LogP contribution in [0.4, 0.5) is 0 Å². The first kappa shape index (κ1) is 12.6. The molecule has 0 saturated heterocycles. The average molecular weight is 270 g/mol. The number of nitrogens with zero attached hydrogens (tertiary/aromatic N) is 4. The molecule has 1 atom stereocenters. The number of carbonyl (C=O) groups is 1. The fourth-order valence-electron chi connectivity index (χ4n) is 2.26. The molecule has 0 radical (unpaired) electrons. The quantitative estimate of drug-likeness (QED) is 0.831. The number of amides is 1. The Balaban J connectivity index is 1.87. The zero-order chi connectivity index (χ0) is 13.9. The highest BCUT2D eigenvalue weighted by molar-refractivity contribution is 5.95. The van der Waals surface area contributed by atoms with Crippen molar-refractivity contribution in [2.45, 2.75) is 6.04 Å². The van der Waals surface area contributed by atoms with Gasteiger partial charge in [0.1, 0.15) is 12.7 Å². The van der Waals surface area contributed by atoms with E-state index < -0.39 is 0 Å². The summed E-state index contributed by atoms with van der Waals surface area (Å²) < 4.78 is 1.74. The summed E-state index contributed by atoms with van der Waals surface area (Å²) in [5.74, 6) is -0.0935. The molecule has 0 saturated carbocycles. The summed E-state index contributed by atoms with van der Waals surface area (Å²) in [6.45, 7) is 0.467. The summed E-state index contributed by atoms with van der Waals surface area (Å²) in [5, 5.41) is 16.8. The third kappa shape index (κ3) is 2.21. The van der Waals surface area contributed by atoms with Crippen molar-refractivity contribution in [1.29, 1.82) is 0 Å². The molecule has 1 aromatic carbocycles. The van der Waals surface area contributed by atoms with E-state index in [2.05, 4.69) is 10.2 Å². The average Bonchev–Trinajstić information content (AvgIpc) is 3.17. The molecule has 6 heteroatoms. The van der Waals surface area contributed by atoms with Crippen LogP contribution < -0.4 is 0 Å². The van der Waals surface area contributed by atoms with Crippen molar-refractivity contribution in [3.8, 4) is 5.69 Å². The molecular formula is C14H14N4O2. The molecule has 20 heavy (non-hydrogen) atoms. The van der Waals surface area contributed by atoms with Gasteiger partial charge in [0, 0.05) is 17.8 Å². The van der Waals surface area contributed by atoms with Gasteiger partial charge in [0.25, 0.3) is 5.91 Å². The predicted octanol–water partition coefficient (Wildman–Crippen LogP) is 0.640. The number of benzene rings is 1. The fourth-order valence-corrected chi connectivity index (χ4v) is 2.26. The number of aliphatic hydroxyl groups excluding tert-OH is 1. The van der Waals surface area contributed by atoms with E-state index in [-0.39, 0.29) is 18.6 Å². The number of hydrogen-bond donors (Lipinski definition) is 1. The molecule has 1 aliphatic heterocycles. The Hall–Kier alpha value is -2.47. The van der Waals surface area contributed by atoms with Gasteiger partial charge in [-0.3, -0.25) is 9.36 Å². The molecule has 0 aliphatic carbocycles. The maximum absolute atomic E-state index is 12.5. The van der Waals surface area contributed by atoms with Gasteiger partial charge in [-0.2, -0.15) is 0 Å². The number of carbonyl (C=O) groups excluding carboxylic acids is 1. The van der Waals surface area contributed by atoms with Crippen LogP contribution in [0.2, 0.25) is 0 Å². The van der Waals surface area contributed by atoms with Crippen molar-refractivity contribution in [1.82, 2.24) is 19.7 Å². The Morgan fingerprint density at radius 3 is 2.90 bits per heavy atom. The third-order valence-corrected chi connectivity index (χ3v) is 3.32. The smallest absolute Gasteiger partial charge is 0.254 e. The molecule has 0 fully saturated rings. The van der Waals surface area contributed by atoms with Crippen LogP contribution >= 0.6 is 0 Å². The summed E-state index contributed by atoms with van der Waals surface area (Å²) in [7, 11) is 0. The monoisotopic (exact) mass is 270 g/mol. The maximum Gasteiger partial charge on any atom is 0.254 e. The van der Waals surface area contributed by atoms with Crippen LogP contribution in [0.25, 0.3) is 5.69 Å². The van der Waals surface area contributed by atoms with Crippen molar-refractivity contribution in [2.24, 2.45) is 0 Å². The van der Waals surface area contributed by atoms with Crippen LogP contribution in [0.3, 0.4) is 0 Å². The van der Waals surface area contributed by atoms with Gasteiger partial charge in [-0.15, -0.1) is 10.2 Å². The predicted molar refractivity (Wildman–Crippen MR) is 72.4 cm³/mol. The van der Waals surface area contributed by atoms with Crippen LogP contribution in [0.15, 0.2) is 49.1 Å². The molecule has 0 spiro atoms. The van der Waals surface area contributed by atoms with Gasteiger partial charge in [0.2, 0.25) is 0 Å². The highest BCUT2D eigenvalue weighted by Crippen LogP contribution is 2.16. The van der Waals surface area contributed by atoms with E-state index in [1.165, 1.54) is 0 Å². The second kappa shape index (κ2) is 5.26. The third-order valence-electron chi connectivity index (χ3n) is 3.32. The topological polar surface area (TPSA) is 71.2 Å². The van der Waals surface area contributed by atoms with Crippen LogP contribution in [0.5, 0.6) is 0 Å². The van der Waals surface area contributed by atoms with E-state index in [1.807, 2.05) is 24.3 Å². The van der Waals surface area contributed by atoms with E-state index in [1.54, 1.807) is 34.3 Å². The summed E-state index contributed by atoms with van der Waals surface area (Å²) >= 11 is 0. The molecular weight excluding hydrogens is 256 g/mol. The first-order chi connectivity index (χ1) is 9.79. The van der Waals surface area contributed by atoms with E-state index >= 15 is 0 Å². The van der Waals surface area contributed by atoms with Crippen LogP contribution in [0.1, 0.15) is 10.4 Å². The van der Waals surface area contributed by atoms with Gasteiger partial charge in [0.15, 0.2) is 0 Å². The van der Waals surface area contributed by atoms with Gasteiger partial charge in [-0.05, 0) is 18.2 Å². The van der Waals surface area contributed by atoms with Gasteiger partial charge in [0.05, 0.1) is 12.6 Å². The fraction of sp³-hybridized carbons (Fsp3) is 0.214. The number of aliphatic hydroxyl groups is 1. The SMILES string of the molecule is O=C(c1cccc(-n2cnnc2)c1)N1CC=CC1CO. The molecule has 1 aromatic heterocycles. The summed E-state index contributed by atoms with van der Waals surface area (Å²) in [6, 6.07) is 7.02. The molecule has 2 heterocycles. The minimum absolute atomic E-state index is 0.0621. The lowest BCUT2D eigenvalue weighted by Crippen LogP contribution is -2.38. The van der Waals surface area contributed by atoms with E-state index in [0.29, 0.717) is 12.1 Å². The lowest BCUT2D eigenvalue weighted by Gasteiger charge is -2.23. The lowest BCUT2D eigenvalue weighted by atomic mass is 10.1. The molecule has 1 aliphatic rings. The molecule has 2 aromatic rings. The Morgan fingerprint density at radius 2 is 2.15 bits per heavy atom. The molecule has 6 nitrogen and oxygen atoms in total. The number of aromatic nitrogens is 3. The van der Waals surface area contributed by atoms with Crippen LogP contribution in [0, 0.1) is 0 Å².